The first kappa shape index (κ1) is 21.7. The third-order valence-corrected chi connectivity index (χ3v) is 4.65. The Labute approximate surface area is 178 Å². The molecule has 1 aromatic carbocycles. The van der Waals surface area contributed by atoms with Crippen LogP contribution in [0.15, 0.2) is 60.3 Å². The first-order chi connectivity index (χ1) is 14.8. The molecule has 2 heterocycles. The van der Waals surface area contributed by atoms with E-state index in [1.54, 1.807) is 18.2 Å². The first-order valence-electron chi connectivity index (χ1n) is 9.59. The number of hydrogen-bond acceptors (Lipinski definition) is 4. The summed E-state index contributed by atoms with van der Waals surface area (Å²) < 4.78 is 12.9. The minimum Gasteiger partial charge on any atom is -0.326 e. The van der Waals surface area contributed by atoms with Crippen molar-refractivity contribution in [1.82, 2.24) is 15.5 Å². The number of rotatable bonds is 2. The molecule has 2 N–H and O–H groups in total. The average molecular weight is 421 g/mol. The van der Waals surface area contributed by atoms with Crippen molar-refractivity contribution in [1.29, 1.82) is 0 Å². The molecule has 158 valence electrons. The van der Waals surface area contributed by atoms with E-state index in [9.17, 15) is 23.6 Å². The van der Waals surface area contributed by atoms with Crippen molar-refractivity contribution in [3.05, 3.63) is 71.7 Å². The number of halogens is 1. The van der Waals surface area contributed by atoms with Crippen molar-refractivity contribution in [3.63, 3.8) is 0 Å². The molecule has 1 saturated heterocycles. The van der Waals surface area contributed by atoms with Crippen molar-refractivity contribution >= 4 is 23.6 Å². The SMILES string of the molecule is C=C1/C=C(NC(=O)C#Cc2ccc(F)cc2)\C=C/CC(=O)N(C2CCC(=O)NC2=O)C1. The summed E-state index contributed by atoms with van der Waals surface area (Å²) in [5, 5.41) is 4.87. The zero-order valence-electron chi connectivity index (χ0n) is 16.6. The fourth-order valence-corrected chi connectivity index (χ4v) is 3.19. The molecule has 3 rings (SSSR count). The summed E-state index contributed by atoms with van der Waals surface area (Å²) >= 11 is 0. The summed E-state index contributed by atoms with van der Waals surface area (Å²) in [7, 11) is 0. The Morgan fingerprint density at radius 3 is 2.68 bits per heavy atom. The monoisotopic (exact) mass is 421 g/mol. The molecule has 0 radical (unpaired) electrons. The van der Waals surface area contributed by atoms with Crippen molar-refractivity contribution in [2.45, 2.75) is 25.3 Å². The van der Waals surface area contributed by atoms with Crippen molar-refractivity contribution < 1.29 is 23.6 Å². The number of nitrogens with one attached hydrogen (secondary N) is 2. The van der Waals surface area contributed by atoms with Gasteiger partial charge in [-0.05, 0) is 48.4 Å². The summed E-state index contributed by atoms with van der Waals surface area (Å²) in [6.45, 7) is 3.99. The molecule has 31 heavy (non-hydrogen) atoms. The highest BCUT2D eigenvalue weighted by Crippen LogP contribution is 2.17. The summed E-state index contributed by atoms with van der Waals surface area (Å²) in [6, 6.07) is 4.68. The van der Waals surface area contributed by atoms with Crippen LogP contribution in [-0.2, 0) is 19.2 Å². The molecule has 1 fully saturated rings. The molecule has 2 aliphatic rings. The molecular weight excluding hydrogens is 401 g/mol. The normalized spacial score (nSPS) is 22.0. The van der Waals surface area contributed by atoms with E-state index in [1.165, 1.54) is 29.2 Å². The van der Waals surface area contributed by atoms with Gasteiger partial charge in [0.2, 0.25) is 17.7 Å². The molecule has 0 saturated carbocycles. The van der Waals surface area contributed by atoms with E-state index in [4.69, 9.17) is 0 Å². The highest BCUT2D eigenvalue weighted by atomic mass is 19.1. The Bertz CT molecular complexity index is 1060. The lowest BCUT2D eigenvalue weighted by molar-refractivity contribution is -0.144. The van der Waals surface area contributed by atoms with Crippen LogP contribution in [0.5, 0.6) is 0 Å². The molecule has 0 aliphatic carbocycles. The Balaban J connectivity index is 1.70. The number of carbonyl (C=O) groups excluding carboxylic acids is 4. The highest BCUT2D eigenvalue weighted by molar-refractivity contribution is 6.01. The van der Waals surface area contributed by atoms with E-state index in [1.807, 2.05) is 0 Å². The summed E-state index contributed by atoms with van der Waals surface area (Å²) in [4.78, 5) is 49.7. The lowest BCUT2D eigenvalue weighted by Crippen LogP contribution is -2.54. The van der Waals surface area contributed by atoms with Crippen LogP contribution in [0.4, 0.5) is 4.39 Å². The van der Waals surface area contributed by atoms with E-state index in [-0.39, 0.29) is 37.6 Å². The Kier molecular flexibility index (Phi) is 6.78. The maximum Gasteiger partial charge on any atom is 0.300 e. The van der Waals surface area contributed by atoms with Gasteiger partial charge in [0.15, 0.2) is 0 Å². The minimum atomic E-state index is -0.749. The molecular formula is C23H20FN3O4. The molecule has 4 amide bonds. The van der Waals surface area contributed by atoms with Gasteiger partial charge in [-0.15, -0.1) is 0 Å². The highest BCUT2D eigenvalue weighted by Gasteiger charge is 2.34. The lowest BCUT2D eigenvalue weighted by atomic mass is 10.0. The standard InChI is InChI=1S/C23H20FN3O4/c1-15-13-18(25-20(28)11-7-16-5-8-17(24)9-6-16)3-2-4-22(30)27(14-15)19-10-12-21(29)26-23(19)31/h2-3,5-6,8-9,13,19H,1,4,10,12,14H2,(H,25,28)(H,26,29,31)/b3-2-,18-13+. The lowest BCUT2D eigenvalue weighted by Gasteiger charge is -2.32. The molecule has 0 bridgehead atoms. The van der Waals surface area contributed by atoms with Gasteiger partial charge in [0.05, 0.1) is 0 Å². The second kappa shape index (κ2) is 9.67. The number of amides is 4. The van der Waals surface area contributed by atoms with Gasteiger partial charge < -0.3 is 10.2 Å². The van der Waals surface area contributed by atoms with Gasteiger partial charge in [-0.25, -0.2) is 4.39 Å². The number of piperidine rings is 1. The van der Waals surface area contributed by atoms with Crippen LogP contribution in [0.25, 0.3) is 0 Å². The van der Waals surface area contributed by atoms with Crippen LogP contribution in [0.3, 0.4) is 0 Å². The number of carbonyl (C=O) groups is 4. The number of hydrogen-bond donors (Lipinski definition) is 2. The molecule has 1 aromatic rings. The quantitative estimate of drug-likeness (QED) is 0.556. The second-order valence-corrected chi connectivity index (χ2v) is 7.06. The van der Waals surface area contributed by atoms with Crippen LogP contribution in [0.2, 0.25) is 0 Å². The number of nitrogens with zero attached hydrogens (tertiary/aromatic N) is 1. The molecule has 7 nitrogen and oxygen atoms in total. The van der Waals surface area contributed by atoms with E-state index >= 15 is 0 Å². The maximum absolute atomic E-state index is 12.9. The van der Waals surface area contributed by atoms with E-state index in [0.717, 1.165) is 0 Å². The van der Waals surface area contributed by atoms with Crippen LogP contribution >= 0.6 is 0 Å². The fourth-order valence-electron chi connectivity index (χ4n) is 3.19. The molecule has 0 spiro atoms. The van der Waals surface area contributed by atoms with Gasteiger partial charge in [-0.1, -0.05) is 18.6 Å². The van der Waals surface area contributed by atoms with Crippen molar-refractivity contribution in [3.8, 4) is 11.8 Å². The van der Waals surface area contributed by atoms with Crippen LogP contribution in [-0.4, -0.2) is 41.1 Å². The van der Waals surface area contributed by atoms with E-state index in [0.29, 0.717) is 16.8 Å². The largest absolute Gasteiger partial charge is 0.326 e. The minimum absolute atomic E-state index is 0.0134. The van der Waals surface area contributed by atoms with Gasteiger partial charge in [0.1, 0.15) is 11.9 Å². The Morgan fingerprint density at radius 2 is 1.97 bits per heavy atom. The van der Waals surface area contributed by atoms with Crippen molar-refractivity contribution in [2.24, 2.45) is 0 Å². The maximum atomic E-state index is 12.9. The third-order valence-electron chi connectivity index (χ3n) is 4.65. The Morgan fingerprint density at radius 1 is 1.23 bits per heavy atom. The molecule has 2 aliphatic heterocycles. The average Bonchev–Trinajstić information content (AvgIpc) is 2.77. The van der Waals surface area contributed by atoms with Crippen LogP contribution in [0.1, 0.15) is 24.8 Å². The number of allylic oxidation sites excluding steroid dienone is 1. The van der Waals surface area contributed by atoms with E-state index in [2.05, 4.69) is 29.1 Å². The molecule has 1 atom stereocenters. The van der Waals surface area contributed by atoms with Crippen molar-refractivity contribution in [2.75, 3.05) is 6.54 Å². The molecule has 1 unspecified atom stereocenters. The van der Waals surface area contributed by atoms with E-state index < -0.39 is 23.7 Å². The van der Waals surface area contributed by atoms with Gasteiger partial charge in [0.25, 0.3) is 0 Å². The van der Waals surface area contributed by atoms with Crippen LogP contribution in [0, 0.1) is 17.7 Å². The molecule has 0 aromatic heterocycles. The predicted molar refractivity (Wildman–Crippen MR) is 110 cm³/mol. The summed E-state index contributed by atoms with van der Waals surface area (Å²) in [6.07, 6.45) is 5.14. The number of imide groups is 1. The van der Waals surface area contributed by atoms with Crippen LogP contribution < -0.4 is 10.6 Å². The zero-order valence-corrected chi connectivity index (χ0v) is 16.6. The fraction of sp³-hybridized carbons (Fsp3) is 0.217. The molecule has 8 heteroatoms. The predicted octanol–water partition coefficient (Wildman–Crippen LogP) is 1.33. The topological polar surface area (TPSA) is 95.6 Å². The number of benzene rings is 1. The van der Waals surface area contributed by atoms with Gasteiger partial charge >= 0.3 is 5.91 Å². The zero-order chi connectivity index (χ0) is 22.4. The third kappa shape index (κ3) is 6.00. The smallest absolute Gasteiger partial charge is 0.300 e. The Hall–Kier alpha value is -3.99. The summed E-state index contributed by atoms with van der Waals surface area (Å²) in [5.41, 5.74) is 1.37. The van der Waals surface area contributed by atoms with Gasteiger partial charge in [-0.3, -0.25) is 24.5 Å². The van der Waals surface area contributed by atoms with Gasteiger partial charge in [-0.2, -0.15) is 0 Å². The second-order valence-electron chi connectivity index (χ2n) is 7.06. The summed E-state index contributed by atoms with van der Waals surface area (Å²) in [5.74, 6) is 2.94. The first-order valence-corrected chi connectivity index (χ1v) is 9.59. The van der Waals surface area contributed by atoms with Gasteiger partial charge in [0, 0.05) is 36.6 Å².